The van der Waals surface area contributed by atoms with E-state index in [1.54, 1.807) is 6.20 Å². The van der Waals surface area contributed by atoms with Gasteiger partial charge in [-0.2, -0.15) is 10.2 Å². The summed E-state index contributed by atoms with van der Waals surface area (Å²) in [4.78, 5) is 0. The van der Waals surface area contributed by atoms with Crippen LogP contribution < -0.4 is 10.6 Å². The van der Waals surface area contributed by atoms with Gasteiger partial charge in [-0.1, -0.05) is 47.5 Å². The minimum absolute atomic E-state index is 0.442. The van der Waals surface area contributed by atoms with Crippen LogP contribution in [0.1, 0.15) is 11.1 Å². The van der Waals surface area contributed by atoms with Crippen molar-refractivity contribution in [1.82, 2.24) is 19.6 Å². The molecule has 0 atom stereocenters. The largest absolute Gasteiger partial charge is 0.330 e. The van der Waals surface area contributed by atoms with Crippen LogP contribution in [0.5, 0.6) is 0 Å². The fourth-order valence-corrected chi connectivity index (χ4v) is 3.34. The molecular formula is C21H18Cl2N6S. The minimum Gasteiger partial charge on any atom is -0.330 e. The zero-order valence-electron chi connectivity index (χ0n) is 15.8. The lowest BCUT2D eigenvalue weighted by molar-refractivity contribution is 0.687. The molecule has 4 rings (SSSR count). The minimum atomic E-state index is 0.442. The maximum absolute atomic E-state index is 5.93. The van der Waals surface area contributed by atoms with Gasteiger partial charge >= 0.3 is 0 Å². The second-order valence-electron chi connectivity index (χ2n) is 6.66. The molecule has 152 valence electrons. The Bertz CT molecular complexity index is 1050. The van der Waals surface area contributed by atoms with Gasteiger partial charge in [0.1, 0.15) is 0 Å². The molecule has 0 amide bonds. The number of nitrogens with zero attached hydrogens (tertiary/aromatic N) is 4. The summed E-state index contributed by atoms with van der Waals surface area (Å²) < 4.78 is 3.66. The topological polar surface area (TPSA) is 59.7 Å². The average molecular weight is 457 g/mol. The molecule has 0 bridgehead atoms. The van der Waals surface area contributed by atoms with E-state index in [4.69, 9.17) is 35.4 Å². The highest BCUT2D eigenvalue weighted by atomic mass is 35.5. The van der Waals surface area contributed by atoms with Crippen molar-refractivity contribution in [2.45, 2.75) is 13.1 Å². The average Bonchev–Trinajstić information content (AvgIpc) is 3.35. The molecule has 0 aliphatic heterocycles. The van der Waals surface area contributed by atoms with E-state index in [9.17, 15) is 0 Å². The molecule has 30 heavy (non-hydrogen) atoms. The molecule has 0 unspecified atom stereocenters. The highest BCUT2D eigenvalue weighted by molar-refractivity contribution is 7.80. The molecule has 2 heterocycles. The fraction of sp³-hybridized carbons (Fsp3) is 0.0952. The van der Waals surface area contributed by atoms with E-state index in [-0.39, 0.29) is 0 Å². The van der Waals surface area contributed by atoms with Gasteiger partial charge in [0.2, 0.25) is 0 Å². The fourth-order valence-electron chi connectivity index (χ4n) is 2.86. The van der Waals surface area contributed by atoms with Gasteiger partial charge in [-0.05, 0) is 47.6 Å². The van der Waals surface area contributed by atoms with E-state index in [1.165, 1.54) is 0 Å². The maximum Gasteiger partial charge on any atom is 0.176 e. The second kappa shape index (κ2) is 9.30. The first-order valence-electron chi connectivity index (χ1n) is 9.16. The Morgan fingerprint density at radius 2 is 1.43 bits per heavy atom. The molecule has 0 fully saturated rings. The maximum atomic E-state index is 5.93. The SMILES string of the molecule is S=C(Nc1cnn(Cc2ccc(Cl)cc2)c1)Nc1ccn(Cc2ccc(Cl)cc2)n1. The van der Waals surface area contributed by atoms with Crippen molar-refractivity contribution in [3.8, 4) is 0 Å². The Kier molecular flexibility index (Phi) is 6.32. The second-order valence-corrected chi connectivity index (χ2v) is 7.94. The van der Waals surface area contributed by atoms with Crippen LogP contribution in [-0.2, 0) is 13.1 Å². The Morgan fingerprint density at radius 3 is 2.07 bits per heavy atom. The summed E-state index contributed by atoms with van der Waals surface area (Å²) in [6, 6.07) is 17.2. The van der Waals surface area contributed by atoms with Gasteiger partial charge < -0.3 is 10.6 Å². The molecule has 0 spiro atoms. The Hall–Kier alpha value is -2.87. The molecule has 0 radical (unpaired) electrons. The van der Waals surface area contributed by atoms with Gasteiger partial charge in [-0.3, -0.25) is 9.36 Å². The number of rotatable bonds is 6. The van der Waals surface area contributed by atoms with Crippen LogP contribution in [0.15, 0.2) is 73.2 Å². The predicted molar refractivity (Wildman–Crippen MR) is 125 cm³/mol. The first-order valence-corrected chi connectivity index (χ1v) is 10.3. The molecule has 0 aliphatic carbocycles. The zero-order chi connectivity index (χ0) is 20.9. The molecular weight excluding hydrogens is 439 g/mol. The summed E-state index contributed by atoms with van der Waals surface area (Å²) in [6.45, 7) is 1.30. The summed E-state index contributed by atoms with van der Waals surface area (Å²) in [6.07, 6.45) is 5.51. The van der Waals surface area contributed by atoms with Crippen molar-refractivity contribution in [1.29, 1.82) is 0 Å². The van der Waals surface area contributed by atoms with E-state index < -0.39 is 0 Å². The molecule has 2 aromatic heterocycles. The van der Waals surface area contributed by atoms with Crippen LogP contribution in [0.3, 0.4) is 0 Å². The van der Waals surface area contributed by atoms with E-state index in [0.717, 1.165) is 21.8 Å². The van der Waals surface area contributed by atoms with Gasteiger partial charge in [-0.25, -0.2) is 0 Å². The smallest absolute Gasteiger partial charge is 0.176 e. The van der Waals surface area contributed by atoms with Gasteiger partial charge in [-0.15, -0.1) is 0 Å². The lowest BCUT2D eigenvalue weighted by Gasteiger charge is -2.06. The molecule has 2 aromatic carbocycles. The molecule has 0 saturated heterocycles. The van der Waals surface area contributed by atoms with E-state index in [2.05, 4.69) is 20.8 Å². The van der Waals surface area contributed by atoms with Crippen molar-refractivity contribution in [3.05, 3.63) is 94.4 Å². The number of hydrogen-bond donors (Lipinski definition) is 2. The van der Waals surface area contributed by atoms with Gasteiger partial charge in [0.05, 0.1) is 25.0 Å². The molecule has 0 saturated carbocycles. The number of nitrogens with one attached hydrogen (secondary N) is 2. The highest BCUT2D eigenvalue weighted by Gasteiger charge is 2.05. The quantitative estimate of drug-likeness (QED) is 0.385. The third kappa shape index (κ3) is 5.60. The van der Waals surface area contributed by atoms with Crippen molar-refractivity contribution in [3.63, 3.8) is 0 Å². The highest BCUT2D eigenvalue weighted by Crippen LogP contribution is 2.14. The number of benzene rings is 2. The zero-order valence-corrected chi connectivity index (χ0v) is 18.1. The predicted octanol–water partition coefficient (Wildman–Crippen LogP) is 5.29. The summed E-state index contributed by atoms with van der Waals surface area (Å²) in [7, 11) is 0. The third-order valence-corrected chi connectivity index (χ3v) is 5.00. The van der Waals surface area contributed by atoms with E-state index in [0.29, 0.717) is 29.0 Å². The van der Waals surface area contributed by atoms with Crippen molar-refractivity contribution >= 4 is 52.0 Å². The Morgan fingerprint density at radius 1 is 0.833 bits per heavy atom. The van der Waals surface area contributed by atoms with Gasteiger partial charge in [0, 0.05) is 28.5 Å². The summed E-state index contributed by atoms with van der Waals surface area (Å²) in [5.41, 5.74) is 3.02. The lowest BCUT2D eigenvalue weighted by Crippen LogP contribution is -2.19. The van der Waals surface area contributed by atoms with Crippen molar-refractivity contribution < 1.29 is 0 Å². The third-order valence-electron chi connectivity index (χ3n) is 4.29. The summed E-state index contributed by atoms with van der Waals surface area (Å²) in [5, 5.41) is 16.9. The molecule has 6 nitrogen and oxygen atoms in total. The van der Waals surface area contributed by atoms with Gasteiger partial charge in [0.25, 0.3) is 0 Å². The standard InChI is InChI=1S/C21H18Cl2N6S/c22-17-5-1-15(2-6-17)12-28-10-9-20(27-28)26-21(30)25-19-11-24-29(14-19)13-16-3-7-18(23)8-4-16/h1-11,14H,12-13H2,(H2,25,26,27,30). The van der Waals surface area contributed by atoms with Crippen LogP contribution in [-0.4, -0.2) is 24.7 Å². The first-order chi connectivity index (χ1) is 14.5. The van der Waals surface area contributed by atoms with Crippen LogP contribution in [0.4, 0.5) is 11.5 Å². The van der Waals surface area contributed by atoms with E-state index >= 15 is 0 Å². The summed E-state index contributed by atoms with van der Waals surface area (Å²) in [5.74, 6) is 0.662. The molecule has 0 aliphatic rings. The van der Waals surface area contributed by atoms with Crippen molar-refractivity contribution in [2.75, 3.05) is 10.6 Å². The Labute approximate surface area is 189 Å². The van der Waals surface area contributed by atoms with Crippen LogP contribution in [0.2, 0.25) is 10.0 Å². The number of thiocarbonyl (C=S) groups is 1. The Balaban J connectivity index is 1.30. The van der Waals surface area contributed by atoms with E-state index in [1.807, 2.05) is 76.4 Å². The van der Waals surface area contributed by atoms with Crippen LogP contribution >= 0.6 is 35.4 Å². The number of aromatic nitrogens is 4. The van der Waals surface area contributed by atoms with Crippen LogP contribution in [0.25, 0.3) is 0 Å². The van der Waals surface area contributed by atoms with Crippen molar-refractivity contribution in [2.24, 2.45) is 0 Å². The molecule has 2 N–H and O–H groups in total. The van der Waals surface area contributed by atoms with Crippen LogP contribution in [0, 0.1) is 0 Å². The first kappa shape index (κ1) is 20.4. The monoisotopic (exact) mass is 456 g/mol. The summed E-state index contributed by atoms with van der Waals surface area (Å²) >= 11 is 17.2. The number of anilines is 2. The van der Waals surface area contributed by atoms with Gasteiger partial charge in [0.15, 0.2) is 10.9 Å². The normalized spacial score (nSPS) is 10.7. The lowest BCUT2D eigenvalue weighted by atomic mass is 10.2. The molecule has 9 heteroatoms. The molecule has 4 aromatic rings. The number of halogens is 2. The number of hydrogen-bond acceptors (Lipinski definition) is 3.